The molecule has 2 aliphatic carbocycles. The number of carbonyl (C=O) groups is 1. The highest BCUT2D eigenvalue weighted by atomic mass is 16.6. The molecule has 2 heteroatoms. The van der Waals surface area contributed by atoms with E-state index in [1.807, 2.05) is 0 Å². The van der Waals surface area contributed by atoms with Crippen molar-refractivity contribution in [2.75, 3.05) is 0 Å². The summed E-state index contributed by atoms with van der Waals surface area (Å²) in [7, 11) is 0. The fourth-order valence-electron chi connectivity index (χ4n) is 3.70. The number of carbonyl (C=O) groups excluding carboxylic acids is 1. The molecule has 0 aromatic carbocycles. The Morgan fingerprint density at radius 3 is 2.82 bits per heavy atom. The van der Waals surface area contributed by atoms with Crippen LogP contribution in [-0.4, -0.2) is 18.0 Å². The maximum atomic E-state index is 11.1. The Bertz CT molecular complexity index is 382. The van der Waals surface area contributed by atoms with Crippen molar-refractivity contribution in [3.05, 3.63) is 11.6 Å². The van der Waals surface area contributed by atoms with Gasteiger partial charge in [0.1, 0.15) is 6.29 Å². The lowest BCUT2D eigenvalue weighted by molar-refractivity contribution is -0.105. The van der Waals surface area contributed by atoms with E-state index < -0.39 is 0 Å². The van der Waals surface area contributed by atoms with E-state index in [9.17, 15) is 4.79 Å². The summed E-state index contributed by atoms with van der Waals surface area (Å²) in [4.78, 5) is 11.1. The van der Waals surface area contributed by atoms with Crippen LogP contribution in [0.4, 0.5) is 0 Å². The van der Waals surface area contributed by atoms with E-state index in [2.05, 4.69) is 26.8 Å². The third-order valence-corrected chi connectivity index (χ3v) is 5.37. The van der Waals surface area contributed by atoms with Crippen molar-refractivity contribution in [1.29, 1.82) is 0 Å². The van der Waals surface area contributed by atoms with Gasteiger partial charge in [-0.1, -0.05) is 19.9 Å². The smallest absolute Gasteiger partial charge is 0.145 e. The molecule has 17 heavy (non-hydrogen) atoms. The maximum absolute atomic E-state index is 11.1. The van der Waals surface area contributed by atoms with E-state index in [0.29, 0.717) is 17.4 Å². The molecule has 0 aromatic rings. The summed E-state index contributed by atoms with van der Waals surface area (Å²) in [5.41, 5.74) is 1.50. The van der Waals surface area contributed by atoms with Gasteiger partial charge in [-0.3, -0.25) is 4.79 Å². The Morgan fingerprint density at radius 2 is 2.12 bits per heavy atom. The van der Waals surface area contributed by atoms with Crippen molar-refractivity contribution in [3.8, 4) is 0 Å². The number of epoxide rings is 1. The van der Waals surface area contributed by atoms with Crippen LogP contribution in [0, 0.1) is 17.3 Å². The zero-order chi connectivity index (χ0) is 12.3. The van der Waals surface area contributed by atoms with E-state index >= 15 is 0 Å². The predicted molar refractivity (Wildman–Crippen MR) is 66.7 cm³/mol. The highest BCUT2D eigenvalue weighted by Crippen LogP contribution is 2.63. The number of ether oxygens (including phenoxy) is 1. The summed E-state index contributed by atoms with van der Waals surface area (Å²) in [6.45, 7) is 6.88. The second-order valence-electron chi connectivity index (χ2n) is 6.81. The first kappa shape index (κ1) is 11.5. The van der Waals surface area contributed by atoms with Gasteiger partial charge in [-0.15, -0.1) is 0 Å². The SMILES string of the molecule is CC1(C)[C@@H]2/C=C(/C=O)CC[C@@H]3O[C@]3(C)CC[C@H]21. The lowest BCUT2D eigenvalue weighted by Crippen LogP contribution is -2.11. The standard InChI is InChI=1S/C15H22O2/c1-14(2)11-6-7-15(3)13(17-15)5-4-10(9-16)8-12(11)14/h8-9,11-13H,4-7H2,1-3H3/b10-8+/t11-,12-,13+,15-/m1/s1. The minimum Gasteiger partial charge on any atom is -0.366 e. The molecular weight excluding hydrogens is 212 g/mol. The first-order valence-corrected chi connectivity index (χ1v) is 6.81. The minimum absolute atomic E-state index is 0.120. The van der Waals surface area contributed by atoms with Crippen LogP contribution in [0.3, 0.4) is 0 Å². The highest BCUT2D eigenvalue weighted by Gasteiger charge is 2.59. The number of aldehydes is 1. The molecule has 0 aromatic heterocycles. The molecule has 3 rings (SSSR count). The van der Waals surface area contributed by atoms with E-state index in [1.165, 1.54) is 12.8 Å². The average molecular weight is 234 g/mol. The van der Waals surface area contributed by atoms with Crippen molar-refractivity contribution < 1.29 is 9.53 Å². The first-order valence-electron chi connectivity index (χ1n) is 6.81. The second kappa shape index (κ2) is 3.44. The van der Waals surface area contributed by atoms with Gasteiger partial charge in [-0.25, -0.2) is 0 Å². The molecule has 1 aliphatic heterocycles. The highest BCUT2D eigenvalue weighted by molar-refractivity contribution is 5.73. The number of allylic oxidation sites excluding steroid dienone is 2. The van der Waals surface area contributed by atoms with Crippen LogP contribution in [0.5, 0.6) is 0 Å². The molecule has 94 valence electrons. The maximum Gasteiger partial charge on any atom is 0.145 e. The Balaban J connectivity index is 1.81. The molecule has 1 saturated heterocycles. The number of fused-ring (bicyclic) bond motifs is 2. The topological polar surface area (TPSA) is 29.6 Å². The minimum atomic E-state index is 0.120. The molecule has 0 amide bonds. The van der Waals surface area contributed by atoms with Gasteiger partial charge in [-0.2, -0.15) is 0 Å². The van der Waals surface area contributed by atoms with Crippen LogP contribution in [-0.2, 0) is 9.53 Å². The average Bonchev–Trinajstić information content (AvgIpc) is 3.07. The Labute approximate surface area is 103 Å². The number of hydrogen-bond acceptors (Lipinski definition) is 2. The van der Waals surface area contributed by atoms with Crippen LogP contribution in [0.1, 0.15) is 46.5 Å². The van der Waals surface area contributed by atoms with Gasteiger partial charge in [0.05, 0.1) is 11.7 Å². The summed E-state index contributed by atoms with van der Waals surface area (Å²) in [6, 6.07) is 0. The lowest BCUT2D eigenvalue weighted by Gasteiger charge is -2.08. The monoisotopic (exact) mass is 234 g/mol. The molecule has 1 heterocycles. The fraction of sp³-hybridized carbons (Fsp3) is 0.800. The van der Waals surface area contributed by atoms with Crippen LogP contribution < -0.4 is 0 Å². The van der Waals surface area contributed by atoms with Crippen molar-refractivity contribution >= 4 is 6.29 Å². The third kappa shape index (κ3) is 1.77. The van der Waals surface area contributed by atoms with Gasteiger partial charge in [0, 0.05) is 0 Å². The molecule has 0 spiro atoms. The number of hydrogen-bond donors (Lipinski definition) is 0. The molecule has 0 radical (unpaired) electrons. The van der Waals surface area contributed by atoms with Gasteiger partial charge in [-0.05, 0) is 55.4 Å². The zero-order valence-corrected chi connectivity index (χ0v) is 11.0. The summed E-state index contributed by atoms with van der Waals surface area (Å²) in [5, 5.41) is 0. The van der Waals surface area contributed by atoms with Gasteiger partial charge in [0.2, 0.25) is 0 Å². The summed E-state index contributed by atoms with van der Waals surface area (Å²) in [5.74, 6) is 1.36. The van der Waals surface area contributed by atoms with Crippen molar-refractivity contribution in [1.82, 2.24) is 0 Å². The van der Waals surface area contributed by atoms with Crippen LogP contribution in [0.25, 0.3) is 0 Å². The molecule has 2 fully saturated rings. The molecule has 0 N–H and O–H groups in total. The molecule has 4 atom stereocenters. The molecule has 2 nitrogen and oxygen atoms in total. The van der Waals surface area contributed by atoms with E-state index in [0.717, 1.165) is 30.6 Å². The normalized spacial score (nSPS) is 50.3. The van der Waals surface area contributed by atoms with Gasteiger partial charge in [0.25, 0.3) is 0 Å². The fourth-order valence-corrected chi connectivity index (χ4v) is 3.70. The molecule has 1 saturated carbocycles. The summed E-state index contributed by atoms with van der Waals surface area (Å²) in [6.07, 6.45) is 8.02. The van der Waals surface area contributed by atoms with Crippen LogP contribution >= 0.6 is 0 Å². The quantitative estimate of drug-likeness (QED) is 0.515. The van der Waals surface area contributed by atoms with E-state index in [1.54, 1.807) is 0 Å². The van der Waals surface area contributed by atoms with Crippen LogP contribution in [0.2, 0.25) is 0 Å². The van der Waals surface area contributed by atoms with Crippen molar-refractivity contribution in [2.45, 2.75) is 58.2 Å². The number of rotatable bonds is 1. The van der Waals surface area contributed by atoms with E-state index in [-0.39, 0.29) is 5.60 Å². The summed E-state index contributed by atoms with van der Waals surface area (Å²) < 4.78 is 5.82. The lowest BCUT2D eigenvalue weighted by atomic mass is 9.93. The van der Waals surface area contributed by atoms with E-state index in [4.69, 9.17) is 4.74 Å². The Hall–Kier alpha value is -0.630. The third-order valence-electron chi connectivity index (χ3n) is 5.37. The molecular formula is C15H22O2. The molecule has 0 bridgehead atoms. The zero-order valence-electron chi connectivity index (χ0n) is 11.0. The largest absolute Gasteiger partial charge is 0.366 e. The van der Waals surface area contributed by atoms with Crippen molar-refractivity contribution in [3.63, 3.8) is 0 Å². The van der Waals surface area contributed by atoms with Crippen LogP contribution in [0.15, 0.2) is 11.6 Å². The van der Waals surface area contributed by atoms with Gasteiger partial charge < -0.3 is 4.74 Å². The second-order valence-corrected chi connectivity index (χ2v) is 6.81. The molecule has 0 unspecified atom stereocenters. The predicted octanol–water partition coefficient (Wildman–Crippen LogP) is 3.12. The Kier molecular flexibility index (Phi) is 2.32. The first-order chi connectivity index (χ1) is 7.97. The van der Waals surface area contributed by atoms with Gasteiger partial charge in [0.15, 0.2) is 0 Å². The van der Waals surface area contributed by atoms with Crippen molar-refractivity contribution in [2.24, 2.45) is 17.3 Å². The Morgan fingerprint density at radius 1 is 1.35 bits per heavy atom. The van der Waals surface area contributed by atoms with Gasteiger partial charge >= 0.3 is 0 Å². The summed E-state index contributed by atoms with van der Waals surface area (Å²) >= 11 is 0. The molecule has 3 aliphatic rings.